The van der Waals surface area contributed by atoms with E-state index >= 15 is 0 Å². The minimum atomic E-state index is 0.121. The summed E-state index contributed by atoms with van der Waals surface area (Å²) in [7, 11) is 0.121. The van der Waals surface area contributed by atoms with E-state index in [4.69, 9.17) is 0 Å². The van der Waals surface area contributed by atoms with Crippen LogP contribution in [0.3, 0.4) is 0 Å². The Labute approximate surface area is 245 Å². The molecule has 0 aliphatic heterocycles. The van der Waals surface area contributed by atoms with E-state index < -0.39 is 0 Å². The molecule has 0 saturated carbocycles. The van der Waals surface area contributed by atoms with E-state index in [1.807, 2.05) is 0 Å². The molecule has 39 heavy (non-hydrogen) atoms. The van der Waals surface area contributed by atoms with Gasteiger partial charge in [-0.3, -0.25) is 0 Å². The first-order valence-corrected chi connectivity index (χ1v) is 18.6. The van der Waals surface area contributed by atoms with Crippen molar-refractivity contribution in [2.45, 2.75) is 142 Å². The Kier molecular flexibility index (Phi) is 20.2. The second-order valence-corrected chi connectivity index (χ2v) is 14.6. The molecule has 0 aromatic heterocycles. The Hall–Kier alpha value is -1.39. The van der Waals surface area contributed by atoms with Gasteiger partial charge in [-0.05, 0) is 67.3 Å². The third-order valence-electron chi connectivity index (χ3n) is 8.25. The third kappa shape index (κ3) is 17.8. The fourth-order valence-corrected chi connectivity index (χ4v) is 7.68. The Balaban J connectivity index is 1.44. The van der Waals surface area contributed by atoms with E-state index in [-0.39, 0.29) is 7.92 Å². The average molecular weight is 549 g/mol. The molecule has 2 aromatic rings. The van der Waals surface area contributed by atoms with Gasteiger partial charge in [0.15, 0.2) is 0 Å². The molecule has 1 atom stereocenters. The van der Waals surface area contributed by atoms with Gasteiger partial charge >= 0.3 is 0 Å². The van der Waals surface area contributed by atoms with Crippen LogP contribution in [0.25, 0.3) is 0 Å². The van der Waals surface area contributed by atoms with E-state index in [2.05, 4.69) is 75.0 Å². The molecule has 2 rings (SSSR count). The first-order chi connectivity index (χ1) is 19.2. The number of aryl methyl sites for hydroxylation is 1. The van der Waals surface area contributed by atoms with E-state index in [1.165, 1.54) is 156 Å². The van der Waals surface area contributed by atoms with Crippen molar-refractivity contribution in [3.05, 3.63) is 83.4 Å². The first kappa shape index (κ1) is 33.8. The van der Waals surface area contributed by atoms with Gasteiger partial charge in [0, 0.05) is 0 Å². The van der Waals surface area contributed by atoms with Gasteiger partial charge in [0.05, 0.1) is 0 Å². The van der Waals surface area contributed by atoms with Crippen molar-refractivity contribution in [2.75, 3.05) is 12.3 Å². The molecule has 1 unspecified atom stereocenters. The quantitative estimate of drug-likeness (QED) is 0.0657. The van der Waals surface area contributed by atoms with Gasteiger partial charge in [-0.15, -0.1) is 7.92 Å². The van der Waals surface area contributed by atoms with Crippen LogP contribution in [0.1, 0.15) is 140 Å². The summed E-state index contributed by atoms with van der Waals surface area (Å²) < 4.78 is 0. The molecule has 0 aliphatic rings. The van der Waals surface area contributed by atoms with Crippen LogP contribution >= 0.6 is 7.92 Å². The van der Waals surface area contributed by atoms with Crippen LogP contribution in [0.4, 0.5) is 0 Å². The SMILES string of the molecule is C=C(CCCCCCCCCCCCCCCCC)Cc1ccc(CCCP(CC)Cc2ccccc2)cc1. The molecule has 2 aromatic carbocycles. The van der Waals surface area contributed by atoms with Gasteiger partial charge in [0.1, 0.15) is 0 Å². The highest BCUT2D eigenvalue weighted by Crippen LogP contribution is 2.40. The Morgan fingerprint density at radius 2 is 1.08 bits per heavy atom. The van der Waals surface area contributed by atoms with Gasteiger partial charge in [-0.25, -0.2) is 0 Å². The zero-order valence-corrected chi connectivity index (χ0v) is 26.8. The number of unbranched alkanes of at least 4 members (excludes halogenated alkanes) is 14. The predicted octanol–water partition coefficient (Wildman–Crippen LogP) is 12.7. The van der Waals surface area contributed by atoms with E-state index in [1.54, 1.807) is 0 Å². The minimum absolute atomic E-state index is 0.121. The third-order valence-corrected chi connectivity index (χ3v) is 10.9. The fourth-order valence-electron chi connectivity index (χ4n) is 5.64. The highest BCUT2D eigenvalue weighted by Gasteiger charge is 2.07. The largest absolute Gasteiger partial charge is 0.103 e. The van der Waals surface area contributed by atoms with Crippen molar-refractivity contribution in [3.8, 4) is 0 Å². The topological polar surface area (TPSA) is 0 Å². The van der Waals surface area contributed by atoms with Gasteiger partial charge in [0.25, 0.3) is 0 Å². The summed E-state index contributed by atoms with van der Waals surface area (Å²) in [6.07, 6.45) is 30.2. The van der Waals surface area contributed by atoms with Crippen LogP contribution in [0, 0.1) is 0 Å². The molecule has 0 heterocycles. The number of benzene rings is 2. The summed E-state index contributed by atoms with van der Waals surface area (Å²) in [5.74, 6) is 0. The van der Waals surface area contributed by atoms with Crippen molar-refractivity contribution >= 4 is 7.92 Å². The molecule has 0 N–H and O–H groups in total. The predicted molar refractivity (Wildman–Crippen MR) is 180 cm³/mol. The summed E-state index contributed by atoms with van der Waals surface area (Å²) in [5.41, 5.74) is 5.86. The molecule has 0 nitrogen and oxygen atoms in total. The summed E-state index contributed by atoms with van der Waals surface area (Å²) in [4.78, 5) is 0. The number of hydrogen-bond acceptors (Lipinski definition) is 0. The Bertz CT molecular complexity index is 822. The second-order valence-electron chi connectivity index (χ2n) is 11.9. The van der Waals surface area contributed by atoms with Gasteiger partial charge in [-0.1, -0.05) is 170 Å². The van der Waals surface area contributed by atoms with Crippen molar-refractivity contribution in [1.82, 2.24) is 0 Å². The van der Waals surface area contributed by atoms with E-state index in [0.29, 0.717) is 0 Å². The zero-order valence-electron chi connectivity index (χ0n) is 25.9. The van der Waals surface area contributed by atoms with Gasteiger partial charge in [0.2, 0.25) is 0 Å². The molecule has 0 aliphatic carbocycles. The lowest BCUT2D eigenvalue weighted by Gasteiger charge is -2.16. The molecule has 0 bridgehead atoms. The second kappa shape index (κ2) is 23.3. The van der Waals surface area contributed by atoms with Crippen LogP contribution < -0.4 is 0 Å². The van der Waals surface area contributed by atoms with Crippen LogP contribution in [0.2, 0.25) is 0 Å². The summed E-state index contributed by atoms with van der Waals surface area (Å²) in [6, 6.07) is 20.5. The van der Waals surface area contributed by atoms with Crippen LogP contribution in [0.5, 0.6) is 0 Å². The van der Waals surface area contributed by atoms with E-state index in [0.717, 1.165) is 6.42 Å². The van der Waals surface area contributed by atoms with Crippen LogP contribution in [-0.2, 0) is 19.0 Å². The van der Waals surface area contributed by atoms with E-state index in [9.17, 15) is 0 Å². The highest BCUT2D eigenvalue weighted by atomic mass is 31.1. The lowest BCUT2D eigenvalue weighted by Crippen LogP contribution is -1.96. The molecule has 0 fully saturated rings. The fraction of sp³-hybridized carbons (Fsp3) is 0.632. The van der Waals surface area contributed by atoms with Crippen molar-refractivity contribution in [3.63, 3.8) is 0 Å². The standard InChI is InChI=1S/C38H61P/c1-4-6-7-8-9-10-11-12-13-14-15-16-17-18-20-24-35(3)33-37-30-28-36(29-31-37)27-23-32-39(5-2)34-38-25-21-19-22-26-38/h19,21-22,25-26,28-31H,3-18,20,23-24,27,32-34H2,1-2H3. The summed E-state index contributed by atoms with van der Waals surface area (Å²) in [6.45, 7) is 9.06. The zero-order chi connectivity index (χ0) is 27.8. The number of hydrogen-bond donors (Lipinski definition) is 0. The minimum Gasteiger partial charge on any atom is -0.103 e. The lowest BCUT2D eigenvalue weighted by atomic mass is 9.99. The van der Waals surface area contributed by atoms with Crippen molar-refractivity contribution < 1.29 is 0 Å². The molecule has 218 valence electrons. The molecular weight excluding hydrogens is 487 g/mol. The Morgan fingerprint density at radius 1 is 0.564 bits per heavy atom. The molecule has 0 amide bonds. The molecule has 0 spiro atoms. The van der Waals surface area contributed by atoms with Crippen molar-refractivity contribution in [2.24, 2.45) is 0 Å². The van der Waals surface area contributed by atoms with Crippen LogP contribution in [0.15, 0.2) is 66.7 Å². The first-order valence-electron chi connectivity index (χ1n) is 16.7. The molecular formula is C38H61P. The maximum Gasteiger partial charge on any atom is -0.00698 e. The molecule has 0 saturated heterocycles. The maximum absolute atomic E-state index is 4.39. The van der Waals surface area contributed by atoms with Crippen molar-refractivity contribution in [1.29, 1.82) is 0 Å². The highest BCUT2D eigenvalue weighted by molar-refractivity contribution is 7.56. The normalized spacial score (nSPS) is 12.1. The molecule has 1 heteroatoms. The summed E-state index contributed by atoms with van der Waals surface area (Å²) >= 11 is 0. The lowest BCUT2D eigenvalue weighted by molar-refractivity contribution is 0.532. The monoisotopic (exact) mass is 548 g/mol. The smallest absolute Gasteiger partial charge is 0.00698 e. The van der Waals surface area contributed by atoms with Gasteiger partial charge < -0.3 is 0 Å². The Morgan fingerprint density at radius 3 is 1.62 bits per heavy atom. The number of allylic oxidation sites excluding steroid dienone is 1. The number of rotatable bonds is 25. The molecule has 0 radical (unpaired) electrons. The summed E-state index contributed by atoms with van der Waals surface area (Å²) in [5, 5.41) is 0. The maximum atomic E-state index is 4.39. The van der Waals surface area contributed by atoms with Gasteiger partial charge in [-0.2, -0.15) is 0 Å². The van der Waals surface area contributed by atoms with Crippen LogP contribution in [-0.4, -0.2) is 12.3 Å². The average Bonchev–Trinajstić information content (AvgIpc) is 2.96.